The van der Waals surface area contributed by atoms with Crippen LogP contribution in [0.5, 0.6) is 0 Å². The Hall–Kier alpha value is -2.11. The van der Waals surface area contributed by atoms with Crippen LogP contribution in [-0.2, 0) is 4.79 Å². The van der Waals surface area contributed by atoms with E-state index in [4.69, 9.17) is 5.11 Å². The van der Waals surface area contributed by atoms with Crippen LogP contribution in [-0.4, -0.2) is 28.5 Å². The van der Waals surface area contributed by atoms with Gasteiger partial charge in [0.25, 0.3) is 5.91 Å². The largest absolute Gasteiger partial charge is 0.481 e. The van der Waals surface area contributed by atoms with Gasteiger partial charge in [0.2, 0.25) is 5.56 Å². The number of aromatic nitrogens is 1. The molecule has 86 valence electrons. The van der Waals surface area contributed by atoms with Gasteiger partial charge in [0, 0.05) is 19.0 Å². The summed E-state index contributed by atoms with van der Waals surface area (Å²) in [5.41, 5.74) is -0.180. The first-order chi connectivity index (χ1) is 7.59. The molecule has 0 saturated heterocycles. The number of carbonyl (C=O) groups is 2. The molecule has 16 heavy (non-hydrogen) atoms. The predicted molar refractivity (Wildman–Crippen MR) is 56.3 cm³/mol. The number of pyridine rings is 1. The lowest BCUT2D eigenvalue weighted by Crippen LogP contribution is -2.27. The van der Waals surface area contributed by atoms with Crippen molar-refractivity contribution in [1.82, 2.24) is 10.3 Å². The Balaban J connectivity index is 2.41. The number of carboxylic acids is 1. The van der Waals surface area contributed by atoms with Crippen LogP contribution < -0.4 is 10.9 Å². The van der Waals surface area contributed by atoms with Crippen LogP contribution in [0.4, 0.5) is 0 Å². The maximum Gasteiger partial charge on any atom is 0.303 e. The van der Waals surface area contributed by atoms with Gasteiger partial charge >= 0.3 is 5.97 Å². The zero-order valence-corrected chi connectivity index (χ0v) is 8.53. The number of aliphatic carboxylic acids is 1. The third-order valence-electron chi connectivity index (χ3n) is 1.87. The van der Waals surface area contributed by atoms with Gasteiger partial charge in [0.15, 0.2) is 0 Å². The number of rotatable bonds is 5. The van der Waals surface area contributed by atoms with E-state index >= 15 is 0 Å². The highest BCUT2D eigenvalue weighted by molar-refractivity contribution is 5.92. The third kappa shape index (κ3) is 3.95. The summed E-state index contributed by atoms with van der Waals surface area (Å²) in [6, 6.07) is 4.26. The fourth-order valence-corrected chi connectivity index (χ4v) is 1.12. The molecular weight excluding hydrogens is 212 g/mol. The van der Waals surface area contributed by atoms with Crippen molar-refractivity contribution in [2.75, 3.05) is 6.54 Å². The van der Waals surface area contributed by atoms with Gasteiger partial charge in [-0.15, -0.1) is 0 Å². The number of nitrogens with one attached hydrogen (secondary N) is 2. The van der Waals surface area contributed by atoms with Crippen molar-refractivity contribution >= 4 is 11.9 Å². The minimum atomic E-state index is -0.901. The molecule has 0 spiro atoms. The number of hydrogen-bond donors (Lipinski definition) is 3. The summed E-state index contributed by atoms with van der Waals surface area (Å²) in [5.74, 6) is -1.31. The predicted octanol–water partition coefficient (Wildman–Crippen LogP) is -0.0305. The van der Waals surface area contributed by atoms with Crippen molar-refractivity contribution in [1.29, 1.82) is 0 Å². The van der Waals surface area contributed by atoms with E-state index in [1.165, 1.54) is 18.2 Å². The first-order valence-electron chi connectivity index (χ1n) is 4.79. The van der Waals surface area contributed by atoms with Crippen LogP contribution in [0.2, 0.25) is 0 Å². The van der Waals surface area contributed by atoms with E-state index in [0.29, 0.717) is 6.42 Å². The second-order valence-electron chi connectivity index (χ2n) is 3.18. The Kier molecular flexibility index (Phi) is 4.26. The quantitative estimate of drug-likeness (QED) is 0.611. The third-order valence-corrected chi connectivity index (χ3v) is 1.87. The van der Waals surface area contributed by atoms with E-state index in [1.54, 1.807) is 0 Å². The van der Waals surface area contributed by atoms with E-state index < -0.39 is 11.9 Å². The van der Waals surface area contributed by atoms with Crippen LogP contribution in [0.25, 0.3) is 0 Å². The fraction of sp³-hybridized carbons (Fsp3) is 0.300. The van der Waals surface area contributed by atoms with Gasteiger partial charge in [-0.3, -0.25) is 14.4 Å². The highest BCUT2D eigenvalue weighted by Crippen LogP contribution is 1.91. The molecule has 0 aromatic carbocycles. The smallest absolute Gasteiger partial charge is 0.303 e. The lowest BCUT2D eigenvalue weighted by molar-refractivity contribution is -0.137. The minimum Gasteiger partial charge on any atom is -0.481 e. The molecule has 1 rings (SSSR count). The molecule has 0 atom stereocenters. The van der Waals surface area contributed by atoms with Gasteiger partial charge in [-0.25, -0.2) is 0 Å². The van der Waals surface area contributed by atoms with Gasteiger partial charge in [-0.05, 0) is 12.5 Å². The normalized spacial score (nSPS) is 9.75. The SMILES string of the molecule is O=C(O)CCCNC(=O)c1cccc(=O)[nH]1. The molecule has 1 aromatic heterocycles. The minimum absolute atomic E-state index is 0.00555. The van der Waals surface area contributed by atoms with Crippen molar-refractivity contribution in [2.45, 2.75) is 12.8 Å². The molecule has 6 heteroatoms. The van der Waals surface area contributed by atoms with E-state index in [2.05, 4.69) is 10.3 Å². The second-order valence-corrected chi connectivity index (χ2v) is 3.18. The number of carbonyl (C=O) groups excluding carboxylic acids is 1. The van der Waals surface area contributed by atoms with Crippen LogP contribution in [0.15, 0.2) is 23.0 Å². The summed E-state index contributed by atoms with van der Waals surface area (Å²) >= 11 is 0. The number of H-pyrrole nitrogens is 1. The molecule has 0 bridgehead atoms. The molecule has 0 aliphatic rings. The van der Waals surface area contributed by atoms with Crippen molar-refractivity contribution < 1.29 is 14.7 Å². The Labute approximate surface area is 91.3 Å². The van der Waals surface area contributed by atoms with E-state index in [-0.39, 0.29) is 24.2 Å². The van der Waals surface area contributed by atoms with Crippen LogP contribution in [0, 0.1) is 0 Å². The molecule has 1 heterocycles. The summed E-state index contributed by atoms with van der Waals surface area (Å²) in [5, 5.41) is 10.9. The summed E-state index contributed by atoms with van der Waals surface area (Å²) < 4.78 is 0. The molecule has 0 unspecified atom stereocenters. The zero-order chi connectivity index (χ0) is 12.0. The van der Waals surface area contributed by atoms with Crippen molar-refractivity contribution in [3.63, 3.8) is 0 Å². The number of aromatic amines is 1. The van der Waals surface area contributed by atoms with Crippen LogP contribution >= 0.6 is 0 Å². The fourth-order valence-electron chi connectivity index (χ4n) is 1.12. The first kappa shape index (κ1) is 12.0. The Morgan fingerprint density at radius 2 is 2.12 bits per heavy atom. The average molecular weight is 224 g/mol. The van der Waals surface area contributed by atoms with E-state index in [1.807, 2.05) is 0 Å². The highest BCUT2D eigenvalue weighted by atomic mass is 16.4. The molecule has 6 nitrogen and oxygen atoms in total. The second kappa shape index (κ2) is 5.69. The summed E-state index contributed by atoms with van der Waals surface area (Å²) in [7, 11) is 0. The Morgan fingerprint density at radius 3 is 2.75 bits per heavy atom. The number of carboxylic acid groups (broad SMARTS) is 1. The van der Waals surface area contributed by atoms with Gasteiger partial charge in [0.05, 0.1) is 0 Å². The number of hydrogen-bond acceptors (Lipinski definition) is 3. The first-order valence-corrected chi connectivity index (χ1v) is 4.79. The lowest BCUT2D eigenvalue weighted by atomic mass is 10.3. The standard InChI is InChI=1S/C10H12N2O4/c13-8-4-1-3-7(12-8)10(16)11-6-2-5-9(14)15/h1,3-4H,2,5-6H2,(H,11,16)(H,12,13)(H,14,15). The molecule has 0 fully saturated rings. The van der Waals surface area contributed by atoms with Crippen LogP contribution in [0.3, 0.4) is 0 Å². The molecular formula is C10H12N2O4. The van der Waals surface area contributed by atoms with Crippen LogP contribution in [0.1, 0.15) is 23.3 Å². The van der Waals surface area contributed by atoms with Crippen molar-refractivity contribution in [2.24, 2.45) is 0 Å². The Bertz CT molecular complexity index is 438. The van der Waals surface area contributed by atoms with Crippen molar-refractivity contribution in [3.8, 4) is 0 Å². The van der Waals surface area contributed by atoms with Gasteiger partial charge in [-0.2, -0.15) is 0 Å². The molecule has 3 N–H and O–H groups in total. The monoisotopic (exact) mass is 224 g/mol. The number of amides is 1. The molecule has 1 aromatic rings. The van der Waals surface area contributed by atoms with E-state index in [9.17, 15) is 14.4 Å². The van der Waals surface area contributed by atoms with Gasteiger partial charge in [0.1, 0.15) is 5.69 Å². The zero-order valence-electron chi connectivity index (χ0n) is 8.53. The molecule has 0 aliphatic heterocycles. The molecule has 1 amide bonds. The summed E-state index contributed by atoms with van der Waals surface area (Å²) in [4.78, 5) is 34.9. The summed E-state index contributed by atoms with van der Waals surface area (Å²) in [6.45, 7) is 0.266. The molecule has 0 saturated carbocycles. The highest BCUT2D eigenvalue weighted by Gasteiger charge is 2.05. The molecule has 0 aliphatic carbocycles. The average Bonchev–Trinajstić information content (AvgIpc) is 2.24. The maximum atomic E-state index is 11.4. The van der Waals surface area contributed by atoms with E-state index in [0.717, 1.165) is 0 Å². The Morgan fingerprint density at radius 1 is 1.38 bits per heavy atom. The van der Waals surface area contributed by atoms with Crippen molar-refractivity contribution in [3.05, 3.63) is 34.2 Å². The topological polar surface area (TPSA) is 99.3 Å². The van der Waals surface area contributed by atoms with Gasteiger partial charge < -0.3 is 15.4 Å². The molecule has 0 radical (unpaired) electrons. The summed E-state index contributed by atoms with van der Waals surface area (Å²) in [6.07, 6.45) is 0.365. The lowest BCUT2D eigenvalue weighted by Gasteiger charge is -2.03. The van der Waals surface area contributed by atoms with Gasteiger partial charge in [-0.1, -0.05) is 6.07 Å². The maximum absolute atomic E-state index is 11.4.